The van der Waals surface area contributed by atoms with Crippen molar-refractivity contribution in [3.8, 4) is 11.5 Å². The SMILES string of the molecule is NC(=O)[C@@H](CCCN=C(N)N[N+](=O)[O-])N(CCc1ccc(O)cc1)C(=O)c1cc2cc(OCCc3ccccc3)ccc2[nH]1. The Kier molecular flexibility index (Phi) is 10.7. The number of benzene rings is 3. The molecule has 0 saturated heterocycles. The fourth-order valence-corrected chi connectivity index (χ4v) is 4.78. The number of fused-ring (bicyclic) bond motifs is 1. The van der Waals surface area contributed by atoms with Crippen molar-refractivity contribution < 1.29 is 24.5 Å². The van der Waals surface area contributed by atoms with Crippen LogP contribution >= 0.6 is 0 Å². The molecule has 0 radical (unpaired) electrons. The van der Waals surface area contributed by atoms with E-state index in [1.807, 2.05) is 48.5 Å². The highest BCUT2D eigenvalue weighted by molar-refractivity contribution is 6.00. The summed E-state index contributed by atoms with van der Waals surface area (Å²) in [5, 5.41) is 20.1. The average molecular weight is 602 g/mol. The van der Waals surface area contributed by atoms with Crippen LogP contribution in [0.1, 0.15) is 34.5 Å². The Morgan fingerprint density at radius 1 is 1.02 bits per heavy atom. The number of ether oxygens (including phenoxy) is 1. The lowest BCUT2D eigenvalue weighted by Gasteiger charge is -2.29. The van der Waals surface area contributed by atoms with Crippen LogP contribution in [0.15, 0.2) is 83.9 Å². The number of phenolic OH excluding ortho intramolecular Hbond substituents is 1. The third kappa shape index (κ3) is 8.95. The van der Waals surface area contributed by atoms with E-state index < -0.39 is 22.9 Å². The molecule has 1 atom stereocenters. The third-order valence-electron chi connectivity index (χ3n) is 6.99. The minimum Gasteiger partial charge on any atom is -0.508 e. The Morgan fingerprint density at radius 3 is 2.45 bits per heavy atom. The number of aromatic hydroxyl groups is 1. The topological polar surface area (TPSA) is 202 Å². The standard InChI is InChI=1S/C31H35N7O6/c32-29(40)28(7-4-16-34-31(33)36-38(42)43)37(17-14-22-8-10-24(39)11-9-22)30(41)27-20-23-19-25(12-13-26(23)35-27)44-18-15-21-5-2-1-3-6-21/h1-3,5-6,8-13,19-20,28,35,39H,4,7,14-18H2,(H2,32,40)(H3,33,34,36)/t28-/m1/s1. The van der Waals surface area contributed by atoms with Gasteiger partial charge < -0.3 is 31.2 Å². The number of aromatic amines is 1. The van der Waals surface area contributed by atoms with Crippen LogP contribution in [0.4, 0.5) is 0 Å². The molecular weight excluding hydrogens is 566 g/mol. The maximum absolute atomic E-state index is 13.9. The third-order valence-corrected chi connectivity index (χ3v) is 6.99. The molecule has 44 heavy (non-hydrogen) atoms. The van der Waals surface area contributed by atoms with Gasteiger partial charge in [-0.25, -0.2) is 15.1 Å². The number of hydrogen-bond acceptors (Lipinski definition) is 7. The number of hydrogen-bond donors (Lipinski definition) is 5. The monoisotopic (exact) mass is 601 g/mol. The van der Waals surface area contributed by atoms with Gasteiger partial charge in [0, 0.05) is 30.4 Å². The van der Waals surface area contributed by atoms with E-state index in [1.165, 1.54) is 10.5 Å². The van der Waals surface area contributed by atoms with Gasteiger partial charge in [-0.05, 0) is 66.8 Å². The highest BCUT2D eigenvalue weighted by atomic mass is 16.7. The van der Waals surface area contributed by atoms with E-state index in [9.17, 15) is 24.8 Å². The second-order valence-corrected chi connectivity index (χ2v) is 10.1. The van der Waals surface area contributed by atoms with Gasteiger partial charge in [-0.3, -0.25) is 9.59 Å². The molecule has 1 heterocycles. The van der Waals surface area contributed by atoms with Crippen molar-refractivity contribution in [1.82, 2.24) is 15.3 Å². The maximum atomic E-state index is 13.9. The molecule has 0 fully saturated rings. The van der Waals surface area contributed by atoms with Gasteiger partial charge in [0.1, 0.15) is 23.2 Å². The van der Waals surface area contributed by atoms with Crippen LogP contribution in [0.3, 0.4) is 0 Å². The number of H-pyrrole nitrogens is 1. The van der Waals surface area contributed by atoms with E-state index >= 15 is 0 Å². The summed E-state index contributed by atoms with van der Waals surface area (Å²) in [6.45, 7) is 0.736. The Bertz CT molecular complexity index is 1610. The zero-order valence-corrected chi connectivity index (χ0v) is 24.0. The van der Waals surface area contributed by atoms with Crippen molar-refractivity contribution in [3.63, 3.8) is 0 Å². The number of aliphatic imine (C=N–C) groups is 1. The lowest BCUT2D eigenvalue weighted by atomic mass is 10.1. The fraction of sp³-hybridized carbons (Fsp3) is 0.258. The smallest absolute Gasteiger partial charge is 0.270 e. The molecular formula is C31H35N7O6. The summed E-state index contributed by atoms with van der Waals surface area (Å²) in [6, 6.07) is 22.8. The molecule has 0 bridgehead atoms. The van der Waals surface area contributed by atoms with Crippen molar-refractivity contribution in [2.45, 2.75) is 31.7 Å². The van der Waals surface area contributed by atoms with E-state index in [0.717, 1.165) is 22.9 Å². The van der Waals surface area contributed by atoms with Crippen molar-refractivity contribution >= 4 is 28.7 Å². The molecule has 4 aromatic rings. The Hall–Kier alpha value is -5.59. The van der Waals surface area contributed by atoms with Crippen LogP contribution < -0.4 is 21.6 Å². The number of carbonyl (C=O) groups excluding carboxylic acids is 2. The van der Waals surface area contributed by atoms with Gasteiger partial charge in [0.25, 0.3) is 11.9 Å². The number of phenols is 1. The fourth-order valence-electron chi connectivity index (χ4n) is 4.78. The zero-order valence-electron chi connectivity index (χ0n) is 24.0. The molecule has 4 rings (SSSR count). The van der Waals surface area contributed by atoms with Gasteiger partial charge >= 0.3 is 0 Å². The molecule has 7 N–H and O–H groups in total. The molecule has 1 aromatic heterocycles. The molecule has 0 unspecified atom stereocenters. The molecule has 0 aliphatic carbocycles. The van der Waals surface area contributed by atoms with Gasteiger partial charge in [-0.15, -0.1) is 0 Å². The highest BCUT2D eigenvalue weighted by Crippen LogP contribution is 2.24. The first-order valence-electron chi connectivity index (χ1n) is 14.1. The number of nitrogens with two attached hydrogens (primary N) is 2. The first kappa shape index (κ1) is 31.3. The number of primary amides is 1. The van der Waals surface area contributed by atoms with Crippen LogP contribution in [0.5, 0.6) is 11.5 Å². The Balaban J connectivity index is 1.50. The lowest BCUT2D eigenvalue weighted by Crippen LogP contribution is -2.49. The number of nitrogens with one attached hydrogen (secondary N) is 2. The van der Waals surface area contributed by atoms with Crippen LogP contribution in [-0.4, -0.2) is 63.5 Å². The summed E-state index contributed by atoms with van der Waals surface area (Å²) in [4.78, 5) is 45.5. The number of nitro groups is 1. The predicted octanol–water partition coefficient (Wildman–Crippen LogP) is 2.91. The minimum atomic E-state index is -0.984. The van der Waals surface area contributed by atoms with Crippen LogP contribution in [0.25, 0.3) is 10.9 Å². The second-order valence-electron chi connectivity index (χ2n) is 10.1. The van der Waals surface area contributed by atoms with Gasteiger partial charge in [-0.1, -0.05) is 47.9 Å². The summed E-state index contributed by atoms with van der Waals surface area (Å²) >= 11 is 0. The number of rotatable bonds is 15. The molecule has 2 amide bonds. The van der Waals surface area contributed by atoms with Crippen LogP contribution in [0.2, 0.25) is 0 Å². The number of amides is 2. The molecule has 0 aliphatic heterocycles. The van der Waals surface area contributed by atoms with E-state index in [2.05, 4.69) is 9.98 Å². The molecule has 230 valence electrons. The molecule has 13 nitrogen and oxygen atoms in total. The van der Waals surface area contributed by atoms with Crippen LogP contribution in [0, 0.1) is 10.1 Å². The van der Waals surface area contributed by atoms with E-state index in [0.29, 0.717) is 18.8 Å². The largest absolute Gasteiger partial charge is 0.508 e. The zero-order chi connectivity index (χ0) is 31.5. The normalized spacial score (nSPS) is 12.0. The summed E-state index contributed by atoms with van der Waals surface area (Å²) in [5.41, 5.74) is 16.0. The van der Waals surface area contributed by atoms with Crippen molar-refractivity contribution in [2.75, 3.05) is 19.7 Å². The van der Waals surface area contributed by atoms with E-state index in [1.54, 1.807) is 35.8 Å². The Morgan fingerprint density at radius 2 is 1.75 bits per heavy atom. The summed E-state index contributed by atoms with van der Waals surface area (Å²) in [7, 11) is 0. The number of guanidine groups is 1. The first-order chi connectivity index (χ1) is 21.2. The van der Waals surface area contributed by atoms with Gasteiger partial charge in [0.2, 0.25) is 5.91 Å². The summed E-state index contributed by atoms with van der Waals surface area (Å²) < 4.78 is 5.94. The predicted molar refractivity (Wildman–Crippen MR) is 166 cm³/mol. The van der Waals surface area contributed by atoms with Crippen molar-refractivity contribution in [2.24, 2.45) is 16.5 Å². The number of nitrogens with zero attached hydrogens (tertiary/aromatic N) is 3. The van der Waals surface area contributed by atoms with Crippen LogP contribution in [-0.2, 0) is 17.6 Å². The molecule has 13 heteroatoms. The number of aromatic nitrogens is 1. The minimum absolute atomic E-state index is 0.0792. The van der Waals surface area contributed by atoms with Gasteiger partial charge in [0.15, 0.2) is 5.03 Å². The van der Waals surface area contributed by atoms with Crippen molar-refractivity contribution in [3.05, 3.63) is 106 Å². The molecule has 0 saturated carbocycles. The molecule has 3 aromatic carbocycles. The number of carbonyl (C=O) groups is 2. The average Bonchev–Trinajstić information content (AvgIpc) is 3.42. The Labute approximate surface area is 253 Å². The summed E-state index contributed by atoms with van der Waals surface area (Å²) in [6.07, 6.45) is 1.59. The molecule has 0 spiro atoms. The van der Waals surface area contributed by atoms with E-state index in [4.69, 9.17) is 16.2 Å². The highest BCUT2D eigenvalue weighted by Gasteiger charge is 2.29. The lowest BCUT2D eigenvalue weighted by molar-refractivity contribution is -0.525. The van der Waals surface area contributed by atoms with Gasteiger partial charge in [-0.2, -0.15) is 0 Å². The van der Waals surface area contributed by atoms with Crippen molar-refractivity contribution in [1.29, 1.82) is 0 Å². The first-order valence-corrected chi connectivity index (χ1v) is 14.1. The van der Waals surface area contributed by atoms with Gasteiger partial charge in [0.05, 0.1) is 6.61 Å². The summed E-state index contributed by atoms with van der Waals surface area (Å²) in [5.74, 6) is -0.711. The molecule has 0 aliphatic rings. The maximum Gasteiger partial charge on any atom is 0.270 e. The quantitative estimate of drug-likeness (QED) is 0.0450. The second kappa shape index (κ2) is 15.0. The van der Waals surface area contributed by atoms with E-state index in [-0.39, 0.29) is 43.3 Å². The number of hydrazine groups is 1.